The topological polar surface area (TPSA) is 83.6 Å². The van der Waals surface area contributed by atoms with Gasteiger partial charge < -0.3 is 15.9 Å². The van der Waals surface area contributed by atoms with E-state index in [0.29, 0.717) is 6.42 Å². The first-order valence-electron chi connectivity index (χ1n) is 13.7. The minimum atomic E-state index is -1.76. The molecule has 4 heteroatoms. The first-order valence-corrected chi connectivity index (χ1v) is 13.7. The molecular weight excluding hydrogens is 386 g/mol. The molecule has 0 aliphatic carbocycles. The van der Waals surface area contributed by atoms with Crippen LogP contribution in [0, 0.1) is 0 Å². The molecule has 0 heterocycles. The van der Waals surface area contributed by atoms with Crippen molar-refractivity contribution in [1.29, 1.82) is 0 Å². The van der Waals surface area contributed by atoms with Crippen LogP contribution in [0.15, 0.2) is 0 Å². The van der Waals surface area contributed by atoms with Crippen molar-refractivity contribution in [2.45, 2.75) is 167 Å². The van der Waals surface area contributed by atoms with Crippen molar-refractivity contribution in [3.8, 4) is 0 Å². The maximum absolute atomic E-state index is 11.8. The van der Waals surface area contributed by atoms with Crippen LogP contribution in [0.3, 0.4) is 0 Å². The number of amides is 1. The number of aliphatic hydroxyl groups excluding tert-OH is 1. The number of unbranched alkanes of at least 4 members (excludes halogenated alkanes) is 18. The van der Waals surface area contributed by atoms with Crippen LogP contribution in [0.25, 0.3) is 0 Å². The standard InChI is InChI=1S/C27H55NO3/c1-3-5-7-9-11-13-15-17-19-21-23-25(29)27(31,26(28)30)24-22-20-18-16-14-12-10-8-6-4-2/h25,29,31H,3-24H2,1-2H3,(H2,28,30). The molecule has 0 radical (unpaired) electrons. The van der Waals surface area contributed by atoms with Gasteiger partial charge in [-0.2, -0.15) is 0 Å². The van der Waals surface area contributed by atoms with Crippen molar-refractivity contribution in [3.05, 3.63) is 0 Å². The third-order valence-electron chi connectivity index (χ3n) is 6.72. The van der Waals surface area contributed by atoms with Gasteiger partial charge >= 0.3 is 0 Å². The number of primary amides is 1. The third kappa shape index (κ3) is 16.7. The van der Waals surface area contributed by atoms with Gasteiger partial charge in [-0.3, -0.25) is 4.79 Å². The average molecular weight is 442 g/mol. The SMILES string of the molecule is CCCCCCCCCCCCC(O)C(O)(CCCCCCCCCCCC)C(N)=O. The molecule has 0 rings (SSSR count). The minimum absolute atomic E-state index is 0.276. The van der Waals surface area contributed by atoms with Crippen molar-refractivity contribution >= 4 is 5.91 Å². The fourth-order valence-corrected chi connectivity index (χ4v) is 4.40. The first-order chi connectivity index (χ1) is 15.0. The Labute approximate surface area is 193 Å². The summed E-state index contributed by atoms with van der Waals surface area (Å²) in [6, 6.07) is 0. The molecule has 186 valence electrons. The van der Waals surface area contributed by atoms with E-state index in [0.717, 1.165) is 38.5 Å². The van der Waals surface area contributed by atoms with Gasteiger partial charge in [0.25, 0.3) is 5.91 Å². The van der Waals surface area contributed by atoms with Crippen LogP contribution < -0.4 is 5.73 Å². The molecule has 0 aromatic carbocycles. The van der Waals surface area contributed by atoms with Gasteiger partial charge in [0.05, 0.1) is 6.10 Å². The lowest BCUT2D eigenvalue weighted by atomic mass is 9.86. The highest BCUT2D eigenvalue weighted by molar-refractivity contribution is 5.83. The molecule has 2 atom stereocenters. The Balaban J connectivity index is 3.83. The average Bonchev–Trinajstić information content (AvgIpc) is 2.75. The summed E-state index contributed by atoms with van der Waals surface area (Å²) in [6.07, 6.45) is 23.8. The lowest BCUT2D eigenvalue weighted by molar-refractivity contribution is -0.151. The summed E-state index contributed by atoms with van der Waals surface area (Å²) in [5, 5.41) is 21.2. The molecule has 0 aliphatic heterocycles. The molecule has 0 aromatic rings. The van der Waals surface area contributed by atoms with E-state index in [-0.39, 0.29) is 6.42 Å². The van der Waals surface area contributed by atoms with Crippen LogP contribution in [-0.4, -0.2) is 27.8 Å². The van der Waals surface area contributed by atoms with Gasteiger partial charge in [0.15, 0.2) is 5.60 Å². The summed E-state index contributed by atoms with van der Waals surface area (Å²) in [6.45, 7) is 4.48. The highest BCUT2D eigenvalue weighted by Crippen LogP contribution is 2.24. The Hall–Kier alpha value is -0.610. The zero-order valence-corrected chi connectivity index (χ0v) is 21.0. The zero-order chi connectivity index (χ0) is 23.2. The molecule has 0 bridgehead atoms. The smallest absolute Gasteiger partial charge is 0.252 e. The van der Waals surface area contributed by atoms with E-state index in [1.54, 1.807) is 0 Å². The Morgan fingerprint density at radius 2 is 0.968 bits per heavy atom. The predicted molar refractivity (Wildman–Crippen MR) is 133 cm³/mol. The van der Waals surface area contributed by atoms with Crippen molar-refractivity contribution in [2.75, 3.05) is 0 Å². The second-order valence-electron chi connectivity index (χ2n) is 9.71. The molecule has 2 unspecified atom stereocenters. The summed E-state index contributed by atoms with van der Waals surface area (Å²) >= 11 is 0. The second kappa shape index (κ2) is 21.2. The van der Waals surface area contributed by atoms with Gasteiger partial charge in [-0.25, -0.2) is 0 Å². The van der Waals surface area contributed by atoms with E-state index in [1.807, 2.05) is 0 Å². The highest BCUT2D eigenvalue weighted by Gasteiger charge is 2.40. The number of rotatable bonds is 24. The number of hydrogen-bond acceptors (Lipinski definition) is 3. The van der Waals surface area contributed by atoms with Crippen molar-refractivity contribution in [1.82, 2.24) is 0 Å². The molecule has 31 heavy (non-hydrogen) atoms. The molecule has 0 aliphatic rings. The van der Waals surface area contributed by atoms with Gasteiger partial charge in [-0.05, 0) is 19.3 Å². The molecule has 4 N–H and O–H groups in total. The summed E-state index contributed by atoms with van der Waals surface area (Å²) in [4.78, 5) is 11.8. The summed E-state index contributed by atoms with van der Waals surface area (Å²) in [5.74, 6) is -0.775. The fraction of sp³-hybridized carbons (Fsp3) is 0.963. The quantitative estimate of drug-likeness (QED) is 0.139. The van der Waals surface area contributed by atoms with E-state index in [2.05, 4.69) is 13.8 Å². The normalized spacial score (nSPS) is 14.5. The van der Waals surface area contributed by atoms with Crippen LogP contribution in [0.2, 0.25) is 0 Å². The number of carbonyl (C=O) groups excluding carboxylic acids is 1. The summed E-state index contributed by atoms with van der Waals surface area (Å²) in [5.41, 5.74) is 3.70. The predicted octanol–water partition coefficient (Wildman–Crippen LogP) is 7.19. The molecule has 1 amide bonds. The number of carbonyl (C=O) groups is 1. The second-order valence-corrected chi connectivity index (χ2v) is 9.71. The maximum atomic E-state index is 11.8. The monoisotopic (exact) mass is 441 g/mol. The largest absolute Gasteiger partial charge is 0.390 e. The Bertz CT molecular complexity index is 402. The van der Waals surface area contributed by atoms with E-state index >= 15 is 0 Å². The van der Waals surface area contributed by atoms with Crippen LogP contribution in [0.5, 0.6) is 0 Å². The van der Waals surface area contributed by atoms with E-state index in [4.69, 9.17) is 5.73 Å². The number of nitrogens with two attached hydrogens (primary N) is 1. The Morgan fingerprint density at radius 3 is 1.32 bits per heavy atom. The van der Waals surface area contributed by atoms with E-state index in [9.17, 15) is 15.0 Å². The van der Waals surface area contributed by atoms with Crippen molar-refractivity contribution in [3.63, 3.8) is 0 Å². The minimum Gasteiger partial charge on any atom is -0.390 e. The highest BCUT2D eigenvalue weighted by atomic mass is 16.4. The van der Waals surface area contributed by atoms with Crippen LogP contribution in [0.1, 0.15) is 155 Å². The van der Waals surface area contributed by atoms with Crippen molar-refractivity contribution in [2.24, 2.45) is 5.73 Å². The van der Waals surface area contributed by atoms with Crippen LogP contribution in [0.4, 0.5) is 0 Å². The van der Waals surface area contributed by atoms with Gasteiger partial charge in [0.2, 0.25) is 0 Å². The van der Waals surface area contributed by atoms with Gasteiger partial charge in [-0.1, -0.05) is 136 Å². The van der Waals surface area contributed by atoms with Gasteiger partial charge in [-0.15, -0.1) is 0 Å². The molecule has 0 saturated carbocycles. The number of aliphatic hydroxyl groups is 2. The van der Waals surface area contributed by atoms with Gasteiger partial charge in [0, 0.05) is 0 Å². The lowest BCUT2D eigenvalue weighted by Gasteiger charge is -2.30. The first kappa shape index (κ1) is 30.4. The third-order valence-corrected chi connectivity index (χ3v) is 6.72. The molecule has 0 aromatic heterocycles. The van der Waals surface area contributed by atoms with Crippen LogP contribution >= 0.6 is 0 Å². The molecule has 0 fully saturated rings. The lowest BCUT2D eigenvalue weighted by Crippen LogP contribution is -2.53. The molecule has 0 spiro atoms. The molecule has 4 nitrogen and oxygen atoms in total. The summed E-state index contributed by atoms with van der Waals surface area (Å²) in [7, 11) is 0. The summed E-state index contributed by atoms with van der Waals surface area (Å²) < 4.78 is 0. The molecule has 0 saturated heterocycles. The van der Waals surface area contributed by atoms with Gasteiger partial charge in [0.1, 0.15) is 0 Å². The Morgan fingerprint density at radius 1 is 0.645 bits per heavy atom. The van der Waals surface area contributed by atoms with Crippen LogP contribution in [-0.2, 0) is 4.79 Å². The number of hydrogen-bond donors (Lipinski definition) is 3. The van der Waals surface area contributed by atoms with Crippen molar-refractivity contribution < 1.29 is 15.0 Å². The van der Waals surface area contributed by atoms with E-state index in [1.165, 1.54) is 89.9 Å². The van der Waals surface area contributed by atoms with E-state index < -0.39 is 17.6 Å². The maximum Gasteiger partial charge on any atom is 0.252 e. The fourth-order valence-electron chi connectivity index (χ4n) is 4.40. The Kier molecular flexibility index (Phi) is 20.8. The molecular formula is C27H55NO3. The zero-order valence-electron chi connectivity index (χ0n) is 21.0.